The maximum atomic E-state index is 12.1. The predicted molar refractivity (Wildman–Crippen MR) is 96.3 cm³/mol. The molecule has 4 nitrogen and oxygen atoms in total. The Bertz CT molecular complexity index is 588. The first kappa shape index (κ1) is 19.0. The maximum absolute atomic E-state index is 12.1. The summed E-state index contributed by atoms with van der Waals surface area (Å²) in [6.07, 6.45) is 0.454. The zero-order chi connectivity index (χ0) is 15.8. The SMILES string of the molecule is CC(CC(=O)Nc1ccc(OCCN)cc1)c1ccccc1.Cl. The van der Waals surface area contributed by atoms with Crippen LogP contribution in [0.25, 0.3) is 0 Å². The number of rotatable bonds is 7. The summed E-state index contributed by atoms with van der Waals surface area (Å²) >= 11 is 0. The number of nitrogens with one attached hydrogen (secondary N) is 1. The highest BCUT2D eigenvalue weighted by Gasteiger charge is 2.11. The Hall–Kier alpha value is -2.04. The molecule has 0 bridgehead atoms. The fourth-order valence-electron chi connectivity index (χ4n) is 2.20. The van der Waals surface area contributed by atoms with Crippen LogP contribution in [0.1, 0.15) is 24.8 Å². The molecule has 0 aliphatic rings. The molecule has 3 N–H and O–H groups in total. The Morgan fingerprint density at radius 2 is 1.78 bits per heavy atom. The van der Waals surface area contributed by atoms with Crippen LogP contribution in [0, 0.1) is 0 Å². The molecule has 2 aromatic carbocycles. The number of amides is 1. The smallest absolute Gasteiger partial charge is 0.224 e. The molecule has 0 aromatic heterocycles. The van der Waals surface area contributed by atoms with Crippen LogP contribution in [0.2, 0.25) is 0 Å². The second kappa shape index (κ2) is 9.87. The van der Waals surface area contributed by atoms with Crippen LogP contribution < -0.4 is 15.8 Å². The van der Waals surface area contributed by atoms with E-state index in [1.807, 2.05) is 54.6 Å². The molecule has 124 valence electrons. The maximum Gasteiger partial charge on any atom is 0.224 e. The number of hydrogen-bond donors (Lipinski definition) is 2. The van der Waals surface area contributed by atoms with Gasteiger partial charge < -0.3 is 15.8 Å². The van der Waals surface area contributed by atoms with Crippen molar-refractivity contribution >= 4 is 24.0 Å². The zero-order valence-corrected chi connectivity index (χ0v) is 14.0. The van der Waals surface area contributed by atoms with Crippen molar-refractivity contribution in [2.75, 3.05) is 18.5 Å². The fraction of sp³-hybridized carbons (Fsp3) is 0.278. The summed E-state index contributed by atoms with van der Waals surface area (Å²) in [4.78, 5) is 12.1. The monoisotopic (exact) mass is 334 g/mol. The molecule has 2 rings (SSSR count). The van der Waals surface area contributed by atoms with E-state index in [0.717, 1.165) is 11.4 Å². The second-order valence-electron chi connectivity index (χ2n) is 5.23. The van der Waals surface area contributed by atoms with Crippen molar-refractivity contribution in [3.05, 3.63) is 60.2 Å². The van der Waals surface area contributed by atoms with Crippen molar-refractivity contribution in [1.82, 2.24) is 0 Å². The first-order chi connectivity index (χ1) is 10.7. The first-order valence-electron chi connectivity index (χ1n) is 7.47. The van der Waals surface area contributed by atoms with E-state index >= 15 is 0 Å². The van der Waals surface area contributed by atoms with E-state index in [1.54, 1.807) is 0 Å². The third kappa shape index (κ3) is 6.30. The van der Waals surface area contributed by atoms with E-state index in [0.29, 0.717) is 19.6 Å². The van der Waals surface area contributed by atoms with Gasteiger partial charge in [-0.3, -0.25) is 4.79 Å². The Morgan fingerprint density at radius 3 is 2.39 bits per heavy atom. The van der Waals surface area contributed by atoms with Crippen molar-refractivity contribution in [1.29, 1.82) is 0 Å². The Labute approximate surface area is 143 Å². The molecular formula is C18H23ClN2O2. The second-order valence-corrected chi connectivity index (χ2v) is 5.23. The number of nitrogens with two attached hydrogens (primary N) is 1. The van der Waals surface area contributed by atoms with Crippen molar-refractivity contribution < 1.29 is 9.53 Å². The van der Waals surface area contributed by atoms with Crippen molar-refractivity contribution in [2.24, 2.45) is 5.73 Å². The number of ether oxygens (including phenoxy) is 1. The van der Waals surface area contributed by atoms with E-state index in [-0.39, 0.29) is 24.2 Å². The first-order valence-corrected chi connectivity index (χ1v) is 7.47. The van der Waals surface area contributed by atoms with Crippen LogP contribution >= 0.6 is 12.4 Å². The van der Waals surface area contributed by atoms with E-state index in [1.165, 1.54) is 5.56 Å². The molecule has 0 radical (unpaired) electrons. The number of halogens is 1. The lowest BCUT2D eigenvalue weighted by Gasteiger charge is -2.12. The van der Waals surface area contributed by atoms with Gasteiger partial charge in [0.15, 0.2) is 0 Å². The average Bonchev–Trinajstić information content (AvgIpc) is 2.55. The number of carbonyl (C=O) groups excluding carboxylic acids is 1. The van der Waals surface area contributed by atoms with E-state index < -0.39 is 0 Å². The molecule has 0 saturated heterocycles. The molecule has 0 spiro atoms. The predicted octanol–water partition coefficient (Wildman–Crippen LogP) is 3.58. The van der Waals surface area contributed by atoms with Gasteiger partial charge in [0.25, 0.3) is 0 Å². The van der Waals surface area contributed by atoms with E-state index in [9.17, 15) is 4.79 Å². The van der Waals surface area contributed by atoms with Gasteiger partial charge in [-0.2, -0.15) is 0 Å². The summed E-state index contributed by atoms with van der Waals surface area (Å²) in [5.74, 6) is 0.946. The largest absolute Gasteiger partial charge is 0.492 e. The van der Waals surface area contributed by atoms with E-state index in [2.05, 4.69) is 12.2 Å². The van der Waals surface area contributed by atoms with Gasteiger partial charge >= 0.3 is 0 Å². The minimum Gasteiger partial charge on any atom is -0.492 e. The summed E-state index contributed by atoms with van der Waals surface area (Å²) in [5.41, 5.74) is 7.32. The third-order valence-corrected chi connectivity index (χ3v) is 3.38. The molecule has 0 aliphatic heterocycles. The summed E-state index contributed by atoms with van der Waals surface area (Å²) in [5, 5.41) is 2.91. The summed E-state index contributed by atoms with van der Waals surface area (Å²) in [6.45, 7) is 3.02. The Morgan fingerprint density at radius 1 is 1.13 bits per heavy atom. The average molecular weight is 335 g/mol. The lowest BCUT2D eigenvalue weighted by Crippen LogP contribution is -2.14. The van der Waals surface area contributed by atoms with Gasteiger partial charge in [0.2, 0.25) is 5.91 Å². The molecular weight excluding hydrogens is 312 g/mol. The van der Waals surface area contributed by atoms with Gasteiger partial charge in [0.1, 0.15) is 12.4 Å². The number of carbonyl (C=O) groups is 1. The zero-order valence-electron chi connectivity index (χ0n) is 13.2. The quantitative estimate of drug-likeness (QED) is 0.813. The summed E-state index contributed by atoms with van der Waals surface area (Å²) < 4.78 is 5.40. The van der Waals surface area contributed by atoms with Crippen LogP contribution in [-0.4, -0.2) is 19.1 Å². The third-order valence-electron chi connectivity index (χ3n) is 3.38. The van der Waals surface area contributed by atoms with Gasteiger partial charge in [0, 0.05) is 18.7 Å². The highest BCUT2D eigenvalue weighted by molar-refractivity contribution is 5.91. The number of benzene rings is 2. The van der Waals surface area contributed by atoms with Crippen LogP contribution in [0.4, 0.5) is 5.69 Å². The standard InChI is InChI=1S/C18H22N2O2.ClH/c1-14(15-5-3-2-4-6-15)13-18(21)20-16-7-9-17(10-8-16)22-12-11-19;/h2-10,14H,11-13,19H2,1H3,(H,20,21);1H. The molecule has 1 atom stereocenters. The van der Waals surface area contributed by atoms with Gasteiger partial charge in [-0.15, -0.1) is 12.4 Å². The molecule has 23 heavy (non-hydrogen) atoms. The van der Waals surface area contributed by atoms with Gasteiger partial charge in [-0.25, -0.2) is 0 Å². The molecule has 0 fully saturated rings. The van der Waals surface area contributed by atoms with Gasteiger partial charge in [-0.1, -0.05) is 37.3 Å². The minimum absolute atomic E-state index is 0. The summed E-state index contributed by atoms with van der Waals surface area (Å²) in [7, 11) is 0. The van der Waals surface area contributed by atoms with Gasteiger partial charge in [0.05, 0.1) is 0 Å². The molecule has 2 aromatic rings. The van der Waals surface area contributed by atoms with E-state index in [4.69, 9.17) is 10.5 Å². The van der Waals surface area contributed by atoms with Crippen LogP contribution in [0.3, 0.4) is 0 Å². The van der Waals surface area contributed by atoms with Gasteiger partial charge in [-0.05, 0) is 35.7 Å². The minimum atomic E-state index is 0. The highest BCUT2D eigenvalue weighted by atomic mass is 35.5. The van der Waals surface area contributed by atoms with Crippen LogP contribution in [-0.2, 0) is 4.79 Å². The van der Waals surface area contributed by atoms with Crippen molar-refractivity contribution in [3.63, 3.8) is 0 Å². The molecule has 0 aliphatic carbocycles. The summed E-state index contributed by atoms with van der Waals surface area (Å²) in [6, 6.07) is 17.4. The normalized spacial score (nSPS) is 11.2. The molecule has 5 heteroatoms. The topological polar surface area (TPSA) is 64.3 Å². The Kier molecular flexibility index (Phi) is 8.16. The molecule has 1 unspecified atom stereocenters. The molecule has 1 amide bonds. The lowest BCUT2D eigenvalue weighted by molar-refractivity contribution is -0.116. The van der Waals surface area contributed by atoms with Crippen LogP contribution in [0.5, 0.6) is 5.75 Å². The van der Waals surface area contributed by atoms with Crippen LogP contribution in [0.15, 0.2) is 54.6 Å². The van der Waals surface area contributed by atoms with Crippen molar-refractivity contribution in [2.45, 2.75) is 19.3 Å². The molecule has 0 saturated carbocycles. The Balaban J connectivity index is 0.00000264. The fourth-order valence-corrected chi connectivity index (χ4v) is 2.20. The highest BCUT2D eigenvalue weighted by Crippen LogP contribution is 2.20. The number of hydrogen-bond acceptors (Lipinski definition) is 3. The lowest BCUT2D eigenvalue weighted by atomic mass is 9.97. The van der Waals surface area contributed by atoms with Crippen molar-refractivity contribution in [3.8, 4) is 5.75 Å². The number of anilines is 1. The molecule has 0 heterocycles.